The molecule has 0 heterocycles. The number of carbonyl (C=O) groups is 1. The molecule has 7 heteroatoms. The minimum Gasteiger partial charge on any atom is -0.465 e. The quantitative estimate of drug-likeness (QED) is 0.697. The van der Waals surface area contributed by atoms with Gasteiger partial charge < -0.3 is 4.74 Å². The molecule has 1 rings (SSSR count). The van der Waals surface area contributed by atoms with Crippen molar-refractivity contribution in [1.29, 1.82) is 0 Å². The summed E-state index contributed by atoms with van der Waals surface area (Å²) in [6.07, 6.45) is 0.678. The average molecular weight is 314 g/mol. The van der Waals surface area contributed by atoms with Gasteiger partial charge >= 0.3 is 5.97 Å². The van der Waals surface area contributed by atoms with Crippen molar-refractivity contribution in [2.24, 2.45) is 0 Å². The van der Waals surface area contributed by atoms with E-state index in [0.717, 1.165) is 9.87 Å². The highest BCUT2D eigenvalue weighted by Gasteiger charge is 2.24. The number of rotatable bonds is 9. The Morgan fingerprint density at radius 1 is 1.24 bits per heavy atom. The second-order valence-corrected chi connectivity index (χ2v) is 6.21. The SMILES string of the molecule is CCCNS(=O)(=O)N(CC(=O)OCC)Cc1ccccc1. The Labute approximate surface area is 126 Å². The van der Waals surface area contributed by atoms with Crippen LogP contribution in [-0.4, -0.2) is 38.4 Å². The van der Waals surface area contributed by atoms with Crippen molar-refractivity contribution in [3.63, 3.8) is 0 Å². The van der Waals surface area contributed by atoms with Gasteiger partial charge in [0.05, 0.1) is 6.61 Å². The van der Waals surface area contributed by atoms with Crippen molar-refractivity contribution < 1.29 is 17.9 Å². The van der Waals surface area contributed by atoms with Crippen LogP contribution in [0.2, 0.25) is 0 Å². The van der Waals surface area contributed by atoms with E-state index < -0.39 is 16.2 Å². The smallest absolute Gasteiger partial charge is 0.321 e. The van der Waals surface area contributed by atoms with Crippen molar-refractivity contribution in [1.82, 2.24) is 9.03 Å². The maximum atomic E-state index is 12.2. The fourth-order valence-electron chi connectivity index (χ4n) is 1.69. The molecule has 0 unspecified atom stereocenters. The van der Waals surface area contributed by atoms with Crippen molar-refractivity contribution in [3.8, 4) is 0 Å². The molecule has 0 aliphatic rings. The van der Waals surface area contributed by atoms with E-state index in [0.29, 0.717) is 13.0 Å². The van der Waals surface area contributed by atoms with Gasteiger partial charge in [-0.2, -0.15) is 12.7 Å². The van der Waals surface area contributed by atoms with E-state index in [2.05, 4.69) is 4.72 Å². The average Bonchev–Trinajstić information content (AvgIpc) is 2.46. The van der Waals surface area contributed by atoms with Gasteiger partial charge in [0, 0.05) is 13.1 Å². The van der Waals surface area contributed by atoms with Crippen LogP contribution < -0.4 is 4.72 Å². The minimum atomic E-state index is -3.71. The van der Waals surface area contributed by atoms with Crippen LogP contribution in [0, 0.1) is 0 Å². The number of benzene rings is 1. The zero-order chi connectivity index (χ0) is 15.7. The van der Waals surface area contributed by atoms with E-state index in [1.807, 2.05) is 37.3 Å². The van der Waals surface area contributed by atoms with Crippen LogP contribution >= 0.6 is 0 Å². The predicted octanol–water partition coefficient (Wildman–Crippen LogP) is 1.30. The van der Waals surface area contributed by atoms with Crippen molar-refractivity contribution in [2.45, 2.75) is 26.8 Å². The van der Waals surface area contributed by atoms with E-state index in [1.54, 1.807) is 6.92 Å². The van der Waals surface area contributed by atoms with E-state index in [4.69, 9.17) is 4.74 Å². The first kappa shape index (κ1) is 17.6. The van der Waals surface area contributed by atoms with Gasteiger partial charge in [-0.05, 0) is 18.9 Å². The Balaban J connectivity index is 2.86. The summed E-state index contributed by atoms with van der Waals surface area (Å²) in [5, 5.41) is 0. The highest BCUT2D eigenvalue weighted by molar-refractivity contribution is 7.87. The zero-order valence-corrected chi connectivity index (χ0v) is 13.2. The first-order chi connectivity index (χ1) is 9.99. The van der Waals surface area contributed by atoms with Crippen molar-refractivity contribution in [2.75, 3.05) is 19.7 Å². The second-order valence-electron chi connectivity index (χ2n) is 4.46. The summed E-state index contributed by atoms with van der Waals surface area (Å²) in [5.74, 6) is -0.560. The summed E-state index contributed by atoms with van der Waals surface area (Å²) < 4.78 is 32.9. The van der Waals surface area contributed by atoms with Gasteiger partial charge in [-0.25, -0.2) is 4.72 Å². The molecule has 118 valence electrons. The van der Waals surface area contributed by atoms with Crippen molar-refractivity contribution in [3.05, 3.63) is 35.9 Å². The first-order valence-corrected chi connectivity index (χ1v) is 8.38. The third-order valence-electron chi connectivity index (χ3n) is 2.69. The third kappa shape index (κ3) is 6.24. The summed E-state index contributed by atoms with van der Waals surface area (Å²) in [5.41, 5.74) is 0.809. The highest BCUT2D eigenvalue weighted by Crippen LogP contribution is 2.08. The normalized spacial score (nSPS) is 11.6. The molecular formula is C14H22N2O4S. The topological polar surface area (TPSA) is 75.7 Å². The summed E-state index contributed by atoms with van der Waals surface area (Å²) in [7, 11) is -3.71. The van der Waals surface area contributed by atoms with Crippen LogP contribution in [0.5, 0.6) is 0 Å². The van der Waals surface area contributed by atoms with Gasteiger partial charge in [-0.3, -0.25) is 4.79 Å². The maximum absolute atomic E-state index is 12.2. The van der Waals surface area contributed by atoms with E-state index in [9.17, 15) is 13.2 Å². The van der Waals surface area contributed by atoms with Gasteiger partial charge in [0.15, 0.2) is 0 Å². The highest BCUT2D eigenvalue weighted by atomic mass is 32.2. The van der Waals surface area contributed by atoms with E-state index in [-0.39, 0.29) is 19.7 Å². The number of ether oxygens (including phenoxy) is 1. The van der Waals surface area contributed by atoms with Gasteiger partial charge in [0.25, 0.3) is 10.2 Å². The van der Waals surface area contributed by atoms with E-state index >= 15 is 0 Å². The number of esters is 1. The number of carbonyl (C=O) groups excluding carboxylic acids is 1. The standard InChI is InChI=1S/C14H22N2O4S/c1-3-10-15-21(18,19)16(12-14(17)20-4-2)11-13-8-6-5-7-9-13/h5-9,15H,3-4,10-12H2,1-2H3. The first-order valence-electron chi connectivity index (χ1n) is 6.93. The molecule has 0 atom stereocenters. The molecule has 0 saturated carbocycles. The molecule has 0 fully saturated rings. The number of hydrogen-bond acceptors (Lipinski definition) is 4. The Kier molecular flexibility index (Phi) is 7.35. The zero-order valence-electron chi connectivity index (χ0n) is 12.4. The lowest BCUT2D eigenvalue weighted by atomic mass is 10.2. The Bertz CT molecular complexity index is 531. The molecule has 0 radical (unpaired) electrons. The van der Waals surface area contributed by atoms with Crippen LogP contribution in [-0.2, 0) is 26.3 Å². The maximum Gasteiger partial charge on any atom is 0.321 e. The largest absolute Gasteiger partial charge is 0.465 e. The van der Waals surface area contributed by atoms with E-state index in [1.165, 1.54) is 0 Å². The van der Waals surface area contributed by atoms with Gasteiger partial charge in [0.1, 0.15) is 6.54 Å². The molecule has 0 spiro atoms. The molecule has 0 bridgehead atoms. The molecule has 0 aliphatic heterocycles. The number of hydrogen-bond donors (Lipinski definition) is 1. The fraction of sp³-hybridized carbons (Fsp3) is 0.500. The Morgan fingerprint density at radius 2 is 1.90 bits per heavy atom. The number of nitrogens with one attached hydrogen (secondary N) is 1. The predicted molar refractivity (Wildman–Crippen MR) is 80.7 cm³/mol. The van der Waals surface area contributed by atoms with Crippen LogP contribution in [0.3, 0.4) is 0 Å². The molecule has 0 aromatic heterocycles. The molecule has 1 aromatic rings. The Hall–Kier alpha value is -1.44. The molecule has 6 nitrogen and oxygen atoms in total. The lowest BCUT2D eigenvalue weighted by molar-refractivity contribution is -0.143. The minimum absolute atomic E-state index is 0.124. The molecule has 21 heavy (non-hydrogen) atoms. The summed E-state index contributed by atoms with van der Waals surface area (Å²) >= 11 is 0. The second kappa shape index (κ2) is 8.76. The number of nitrogens with zero attached hydrogens (tertiary/aromatic N) is 1. The summed E-state index contributed by atoms with van der Waals surface area (Å²) in [4.78, 5) is 11.6. The van der Waals surface area contributed by atoms with Crippen LogP contribution in [0.4, 0.5) is 0 Å². The molecule has 0 aliphatic carbocycles. The molecule has 1 aromatic carbocycles. The lowest BCUT2D eigenvalue weighted by Gasteiger charge is -2.21. The van der Waals surface area contributed by atoms with Gasteiger partial charge in [-0.15, -0.1) is 0 Å². The molecule has 1 N–H and O–H groups in total. The van der Waals surface area contributed by atoms with Crippen LogP contribution in [0.1, 0.15) is 25.8 Å². The summed E-state index contributed by atoms with van der Waals surface area (Å²) in [6.45, 7) is 3.93. The summed E-state index contributed by atoms with van der Waals surface area (Å²) in [6, 6.07) is 9.12. The molecular weight excluding hydrogens is 292 g/mol. The van der Waals surface area contributed by atoms with Crippen LogP contribution in [0.15, 0.2) is 30.3 Å². The monoisotopic (exact) mass is 314 g/mol. The molecule has 0 saturated heterocycles. The third-order valence-corrected chi connectivity index (χ3v) is 4.19. The Morgan fingerprint density at radius 3 is 2.48 bits per heavy atom. The van der Waals surface area contributed by atoms with Gasteiger partial charge in [0.2, 0.25) is 0 Å². The molecule has 0 amide bonds. The van der Waals surface area contributed by atoms with Crippen molar-refractivity contribution >= 4 is 16.2 Å². The van der Waals surface area contributed by atoms with Gasteiger partial charge in [-0.1, -0.05) is 37.3 Å². The van der Waals surface area contributed by atoms with Crippen LogP contribution in [0.25, 0.3) is 0 Å². The fourth-order valence-corrected chi connectivity index (χ4v) is 2.92. The lowest BCUT2D eigenvalue weighted by Crippen LogP contribution is -2.43.